The van der Waals surface area contributed by atoms with E-state index in [1.54, 1.807) is 12.1 Å². The Hall–Kier alpha value is -1.95. The predicted octanol–water partition coefficient (Wildman–Crippen LogP) is 3.34. The fraction of sp³-hybridized carbons (Fsp3) is 0.231. The lowest BCUT2D eigenvalue weighted by Crippen LogP contribution is -2.04. The molecule has 0 saturated carbocycles. The minimum Gasteiger partial charge on any atom is -0.486 e. The average Bonchev–Trinajstić information content (AvgIpc) is 2.84. The summed E-state index contributed by atoms with van der Waals surface area (Å²) in [5, 5.41) is 0. The number of furan rings is 1. The molecule has 0 aliphatic heterocycles. The van der Waals surface area contributed by atoms with Crippen LogP contribution in [0, 0.1) is 0 Å². The van der Waals surface area contributed by atoms with Crippen molar-refractivity contribution in [3.8, 4) is 5.75 Å². The molecule has 0 spiro atoms. The van der Waals surface area contributed by atoms with Gasteiger partial charge >= 0.3 is 6.18 Å². The Labute approximate surface area is 107 Å². The zero-order valence-electron chi connectivity index (χ0n) is 9.91. The Balaban J connectivity index is 1.96. The van der Waals surface area contributed by atoms with E-state index < -0.39 is 11.7 Å². The van der Waals surface area contributed by atoms with Crippen LogP contribution in [0.3, 0.4) is 0 Å². The summed E-state index contributed by atoms with van der Waals surface area (Å²) in [6, 6.07) is 7.94. The Bertz CT molecular complexity index is 532. The molecule has 0 aliphatic carbocycles. The monoisotopic (exact) mass is 271 g/mol. The molecule has 1 heterocycles. The number of halogens is 3. The predicted molar refractivity (Wildman–Crippen MR) is 62.4 cm³/mol. The van der Waals surface area contributed by atoms with Gasteiger partial charge in [0.05, 0.1) is 12.1 Å². The van der Waals surface area contributed by atoms with Crippen LogP contribution in [0.15, 0.2) is 40.8 Å². The first-order chi connectivity index (χ1) is 8.99. The van der Waals surface area contributed by atoms with Gasteiger partial charge in [-0.1, -0.05) is 0 Å². The van der Waals surface area contributed by atoms with E-state index in [1.807, 2.05) is 0 Å². The van der Waals surface area contributed by atoms with Crippen LogP contribution in [0.25, 0.3) is 0 Å². The topological polar surface area (TPSA) is 48.4 Å². The smallest absolute Gasteiger partial charge is 0.416 e. The van der Waals surface area contributed by atoms with Gasteiger partial charge in [-0.3, -0.25) is 0 Å². The standard InChI is InChI=1S/C13H12F3NO2/c14-13(15,16)9-1-3-10(4-2-9)18-8-12-6-5-11(7-17)19-12/h1-6H,7-8,17H2. The van der Waals surface area contributed by atoms with Gasteiger partial charge in [0.25, 0.3) is 0 Å². The maximum absolute atomic E-state index is 12.3. The van der Waals surface area contributed by atoms with Gasteiger partial charge in [-0.15, -0.1) is 0 Å². The third kappa shape index (κ3) is 3.51. The number of hydrogen-bond donors (Lipinski definition) is 1. The van der Waals surface area contributed by atoms with Crippen LogP contribution in [0.4, 0.5) is 13.2 Å². The van der Waals surface area contributed by atoms with E-state index in [1.165, 1.54) is 12.1 Å². The van der Waals surface area contributed by atoms with Crippen molar-refractivity contribution < 1.29 is 22.3 Å². The highest BCUT2D eigenvalue weighted by Crippen LogP contribution is 2.30. The Kier molecular flexibility index (Phi) is 3.80. The summed E-state index contributed by atoms with van der Waals surface area (Å²) in [6.07, 6.45) is -4.34. The van der Waals surface area contributed by atoms with E-state index in [0.717, 1.165) is 12.1 Å². The maximum Gasteiger partial charge on any atom is 0.416 e. The minimum atomic E-state index is -4.34. The van der Waals surface area contributed by atoms with Crippen LogP contribution in [-0.2, 0) is 19.3 Å². The number of ether oxygens (including phenoxy) is 1. The molecule has 19 heavy (non-hydrogen) atoms. The summed E-state index contributed by atoms with van der Waals surface area (Å²) in [5.74, 6) is 1.55. The molecule has 2 aromatic rings. The van der Waals surface area contributed by atoms with Gasteiger partial charge in [0.1, 0.15) is 23.9 Å². The van der Waals surface area contributed by atoms with Gasteiger partial charge in [0.15, 0.2) is 0 Å². The first-order valence-corrected chi connectivity index (χ1v) is 5.57. The van der Waals surface area contributed by atoms with Gasteiger partial charge in [0, 0.05) is 0 Å². The number of nitrogens with two attached hydrogens (primary N) is 1. The minimum absolute atomic E-state index is 0.144. The highest BCUT2D eigenvalue weighted by atomic mass is 19.4. The van der Waals surface area contributed by atoms with Crippen LogP contribution < -0.4 is 10.5 Å². The molecule has 0 amide bonds. The van der Waals surface area contributed by atoms with E-state index in [9.17, 15) is 13.2 Å². The van der Waals surface area contributed by atoms with E-state index in [-0.39, 0.29) is 6.61 Å². The first-order valence-electron chi connectivity index (χ1n) is 5.57. The highest BCUT2D eigenvalue weighted by molar-refractivity contribution is 5.29. The molecule has 1 aromatic carbocycles. The van der Waals surface area contributed by atoms with Gasteiger partial charge in [-0.05, 0) is 36.4 Å². The molecule has 0 saturated heterocycles. The van der Waals surface area contributed by atoms with Crippen LogP contribution in [0.1, 0.15) is 17.1 Å². The van der Waals surface area contributed by atoms with Gasteiger partial charge < -0.3 is 14.9 Å². The van der Waals surface area contributed by atoms with Crippen molar-refractivity contribution in [3.05, 3.63) is 53.5 Å². The summed E-state index contributed by atoms with van der Waals surface area (Å²) >= 11 is 0. The van der Waals surface area contributed by atoms with Crippen LogP contribution in [0.2, 0.25) is 0 Å². The molecular formula is C13H12F3NO2. The lowest BCUT2D eigenvalue weighted by atomic mass is 10.2. The highest BCUT2D eigenvalue weighted by Gasteiger charge is 2.29. The molecule has 0 bridgehead atoms. The van der Waals surface area contributed by atoms with E-state index >= 15 is 0 Å². The Morgan fingerprint density at radius 1 is 1.00 bits per heavy atom. The lowest BCUT2D eigenvalue weighted by molar-refractivity contribution is -0.137. The van der Waals surface area contributed by atoms with Gasteiger partial charge in [0.2, 0.25) is 0 Å². The average molecular weight is 271 g/mol. The molecule has 6 heteroatoms. The van der Waals surface area contributed by atoms with Crippen molar-refractivity contribution in [2.75, 3.05) is 0 Å². The van der Waals surface area contributed by atoms with Crippen LogP contribution >= 0.6 is 0 Å². The van der Waals surface area contributed by atoms with Crippen molar-refractivity contribution in [1.29, 1.82) is 0 Å². The van der Waals surface area contributed by atoms with E-state index in [2.05, 4.69) is 0 Å². The number of hydrogen-bond acceptors (Lipinski definition) is 3. The van der Waals surface area contributed by atoms with Gasteiger partial charge in [-0.25, -0.2) is 0 Å². The summed E-state index contributed by atoms with van der Waals surface area (Å²) in [5.41, 5.74) is 4.68. The Morgan fingerprint density at radius 3 is 2.16 bits per heavy atom. The third-order valence-corrected chi connectivity index (χ3v) is 2.48. The second kappa shape index (κ2) is 5.36. The number of rotatable bonds is 4. The molecule has 0 aliphatic rings. The van der Waals surface area contributed by atoms with Crippen molar-refractivity contribution in [3.63, 3.8) is 0 Å². The fourth-order valence-electron chi connectivity index (χ4n) is 1.50. The van der Waals surface area contributed by atoms with Crippen molar-refractivity contribution in [2.24, 2.45) is 5.73 Å². The van der Waals surface area contributed by atoms with Crippen LogP contribution in [0.5, 0.6) is 5.75 Å². The second-order valence-corrected chi connectivity index (χ2v) is 3.88. The SMILES string of the molecule is NCc1ccc(COc2ccc(C(F)(F)F)cc2)o1. The van der Waals surface area contributed by atoms with E-state index in [4.69, 9.17) is 14.9 Å². The fourth-order valence-corrected chi connectivity index (χ4v) is 1.50. The van der Waals surface area contributed by atoms with Crippen molar-refractivity contribution in [1.82, 2.24) is 0 Å². The molecular weight excluding hydrogens is 259 g/mol. The summed E-state index contributed by atoms with van der Waals surface area (Å²) in [6.45, 7) is 0.436. The summed E-state index contributed by atoms with van der Waals surface area (Å²) in [4.78, 5) is 0. The first kappa shape index (κ1) is 13.5. The lowest BCUT2D eigenvalue weighted by Gasteiger charge is -2.08. The molecule has 3 nitrogen and oxygen atoms in total. The normalized spacial score (nSPS) is 11.6. The third-order valence-electron chi connectivity index (χ3n) is 2.48. The maximum atomic E-state index is 12.3. The quantitative estimate of drug-likeness (QED) is 0.927. The molecule has 0 radical (unpaired) electrons. The molecule has 102 valence electrons. The zero-order chi connectivity index (χ0) is 13.9. The van der Waals surface area contributed by atoms with Crippen molar-refractivity contribution in [2.45, 2.75) is 19.3 Å². The molecule has 2 rings (SSSR count). The molecule has 0 atom stereocenters. The number of benzene rings is 1. The molecule has 0 unspecified atom stereocenters. The number of alkyl halides is 3. The second-order valence-electron chi connectivity index (χ2n) is 3.88. The summed E-state index contributed by atoms with van der Waals surface area (Å²) in [7, 11) is 0. The van der Waals surface area contributed by atoms with Crippen molar-refractivity contribution >= 4 is 0 Å². The van der Waals surface area contributed by atoms with E-state index in [0.29, 0.717) is 23.8 Å². The molecule has 1 aromatic heterocycles. The largest absolute Gasteiger partial charge is 0.486 e. The molecule has 0 fully saturated rings. The van der Waals surface area contributed by atoms with Crippen LogP contribution in [-0.4, -0.2) is 0 Å². The Morgan fingerprint density at radius 2 is 1.63 bits per heavy atom. The summed E-state index contributed by atoms with van der Waals surface area (Å²) < 4.78 is 47.7. The zero-order valence-corrected chi connectivity index (χ0v) is 9.91. The molecule has 2 N–H and O–H groups in total. The van der Waals surface area contributed by atoms with Gasteiger partial charge in [-0.2, -0.15) is 13.2 Å².